The molecular formula is C28H16F6. The van der Waals surface area contributed by atoms with E-state index in [1.807, 2.05) is 0 Å². The molecule has 0 heterocycles. The Bertz CT molecular complexity index is 1440. The summed E-state index contributed by atoms with van der Waals surface area (Å²) in [5.41, 5.74) is 1.86. The number of hydrogen-bond acceptors (Lipinski definition) is 0. The number of benzene rings is 4. The van der Waals surface area contributed by atoms with E-state index in [0.29, 0.717) is 23.3 Å². The van der Waals surface area contributed by atoms with Gasteiger partial charge in [-0.1, -0.05) is 36.1 Å². The number of hydrogen-bond donors (Lipinski definition) is 0. The Balaban J connectivity index is 1.65. The van der Waals surface area contributed by atoms with Crippen LogP contribution in [0, 0.1) is 60.6 Å². The van der Waals surface area contributed by atoms with Crippen LogP contribution in [0.5, 0.6) is 0 Å². The van der Waals surface area contributed by atoms with Gasteiger partial charge in [0.2, 0.25) is 0 Å². The Morgan fingerprint density at radius 3 is 1.74 bits per heavy atom. The molecule has 170 valence electrons. The Morgan fingerprint density at radius 1 is 0.529 bits per heavy atom. The van der Waals surface area contributed by atoms with E-state index < -0.39 is 34.9 Å². The van der Waals surface area contributed by atoms with Crippen LogP contribution in [0.15, 0.2) is 60.7 Å². The fraction of sp³-hybridized carbons (Fsp3) is 0.0714. The summed E-state index contributed by atoms with van der Waals surface area (Å²) < 4.78 is 83.8. The fourth-order valence-corrected chi connectivity index (χ4v) is 3.66. The first-order valence-corrected chi connectivity index (χ1v) is 10.2. The molecule has 6 heteroatoms. The summed E-state index contributed by atoms with van der Waals surface area (Å²) in [6, 6.07) is 12.2. The van der Waals surface area contributed by atoms with Crippen LogP contribution < -0.4 is 0 Å². The van der Waals surface area contributed by atoms with Gasteiger partial charge in [0.15, 0.2) is 17.5 Å². The Morgan fingerprint density at radius 2 is 1.12 bits per heavy atom. The van der Waals surface area contributed by atoms with E-state index in [1.165, 1.54) is 30.3 Å². The largest absolute Gasteiger partial charge is 0.206 e. The SMILES string of the molecule is Cc1cc(C)c(C#Cc2ccc(-c3ccc(-c4cc(F)c(F)c(F)c4)c(F)c3)c(F)c2)c(F)c1. The van der Waals surface area contributed by atoms with Crippen molar-refractivity contribution in [3.05, 3.63) is 118 Å². The molecule has 4 aromatic rings. The van der Waals surface area contributed by atoms with Crippen LogP contribution >= 0.6 is 0 Å². The third-order valence-corrected chi connectivity index (χ3v) is 5.31. The van der Waals surface area contributed by atoms with Crippen LogP contribution in [0.1, 0.15) is 22.3 Å². The lowest BCUT2D eigenvalue weighted by atomic mass is 9.98. The molecule has 0 bridgehead atoms. The van der Waals surface area contributed by atoms with Gasteiger partial charge in [-0.05, 0) is 72.5 Å². The van der Waals surface area contributed by atoms with Gasteiger partial charge in [-0.3, -0.25) is 0 Å². The minimum atomic E-state index is -1.65. The highest BCUT2D eigenvalue weighted by Crippen LogP contribution is 2.31. The summed E-state index contributed by atoms with van der Waals surface area (Å²) in [7, 11) is 0. The molecule has 4 rings (SSSR count). The summed E-state index contributed by atoms with van der Waals surface area (Å²) in [6.07, 6.45) is 0. The molecule has 0 aliphatic heterocycles. The first-order valence-electron chi connectivity index (χ1n) is 10.2. The van der Waals surface area contributed by atoms with E-state index in [2.05, 4.69) is 11.8 Å². The molecule has 0 aromatic heterocycles. The monoisotopic (exact) mass is 466 g/mol. The summed E-state index contributed by atoms with van der Waals surface area (Å²) in [5, 5.41) is 0. The van der Waals surface area contributed by atoms with Crippen molar-refractivity contribution < 1.29 is 26.3 Å². The lowest BCUT2D eigenvalue weighted by Crippen LogP contribution is -1.94. The second kappa shape index (κ2) is 9.11. The maximum Gasteiger partial charge on any atom is 0.194 e. The summed E-state index contributed by atoms with van der Waals surface area (Å²) in [6.45, 7) is 3.50. The van der Waals surface area contributed by atoms with E-state index in [1.54, 1.807) is 19.9 Å². The molecule has 0 radical (unpaired) electrons. The van der Waals surface area contributed by atoms with Gasteiger partial charge in [-0.15, -0.1) is 0 Å². The van der Waals surface area contributed by atoms with Gasteiger partial charge in [0.1, 0.15) is 17.5 Å². The molecular weight excluding hydrogens is 450 g/mol. The molecule has 0 N–H and O–H groups in total. The third kappa shape index (κ3) is 4.55. The molecule has 0 saturated heterocycles. The van der Waals surface area contributed by atoms with Gasteiger partial charge in [0.05, 0.1) is 5.56 Å². The van der Waals surface area contributed by atoms with Crippen molar-refractivity contribution in [3.63, 3.8) is 0 Å². The maximum absolute atomic E-state index is 14.8. The van der Waals surface area contributed by atoms with Crippen LogP contribution in [-0.2, 0) is 0 Å². The van der Waals surface area contributed by atoms with E-state index in [4.69, 9.17) is 0 Å². The van der Waals surface area contributed by atoms with Crippen LogP contribution in [0.2, 0.25) is 0 Å². The molecule has 0 aliphatic carbocycles. The van der Waals surface area contributed by atoms with Crippen molar-refractivity contribution in [1.82, 2.24) is 0 Å². The number of rotatable bonds is 2. The maximum atomic E-state index is 14.8. The molecule has 0 fully saturated rings. The Labute approximate surface area is 192 Å². The van der Waals surface area contributed by atoms with Gasteiger partial charge in [0.25, 0.3) is 0 Å². The lowest BCUT2D eigenvalue weighted by Gasteiger charge is -2.09. The first kappa shape index (κ1) is 23.2. The average Bonchev–Trinajstić information content (AvgIpc) is 2.76. The topological polar surface area (TPSA) is 0 Å². The molecule has 0 aliphatic rings. The second-order valence-electron chi connectivity index (χ2n) is 7.83. The lowest BCUT2D eigenvalue weighted by molar-refractivity contribution is 0.447. The normalized spacial score (nSPS) is 10.7. The van der Waals surface area contributed by atoms with Gasteiger partial charge in [-0.2, -0.15) is 0 Å². The second-order valence-corrected chi connectivity index (χ2v) is 7.83. The quantitative estimate of drug-likeness (QED) is 0.160. The van der Waals surface area contributed by atoms with E-state index in [9.17, 15) is 26.3 Å². The molecule has 0 amide bonds. The Kier molecular flexibility index (Phi) is 6.21. The van der Waals surface area contributed by atoms with Crippen molar-refractivity contribution in [2.24, 2.45) is 0 Å². The van der Waals surface area contributed by atoms with E-state index in [-0.39, 0.29) is 27.8 Å². The van der Waals surface area contributed by atoms with Crippen LogP contribution in [-0.4, -0.2) is 0 Å². The predicted octanol–water partition coefficient (Wildman–Crippen LogP) is 7.87. The highest BCUT2D eigenvalue weighted by atomic mass is 19.2. The minimum Gasteiger partial charge on any atom is -0.206 e. The molecule has 0 atom stereocenters. The molecule has 34 heavy (non-hydrogen) atoms. The van der Waals surface area contributed by atoms with Crippen LogP contribution in [0.25, 0.3) is 22.3 Å². The van der Waals surface area contributed by atoms with Gasteiger partial charge in [0, 0.05) is 16.7 Å². The molecule has 0 nitrogen and oxygen atoms in total. The van der Waals surface area contributed by atoms with Crippen LogP contribution in [0.3, 0.4) is 0 Å². The third-order valence-electron chi connectivity index (χ3n) is 5.31. The van der Waals surface area contributed by atoms with Gasteiger partial charge < -0.3 is 0 Å². The average molecular weight is 466 g/mol. The van der Waals surface area contributed by atoms with E-state index in [0.717, 1.165) is 17.7 Å². The summed E-state index contributed by atoms with van der Waals surface area (Å²) in [5.74, 6) is -1.09. The molecule has 0 spiro atoms. The van der Waals surface area contributed by atoms with Crippen LogP contribution in [0.4, 0.5) is 26.3 Å². The van der Waals surface area contributed by atoms with Crippen molar-refractivity contribution in [3.8, 4) is 34.1 Å². The van der Waals surface area contributed by atoms with Gasteiger partial charge >= 0.3 is 0 Å². The highest BCUT2D eigenvalue weighted by Gasteiger charge is 2.15. The van der Waals surface area contributed by atoms with Gasteiger partial charge in [-0.25, -0.2) is 26.3 Å². The zero-order valence-electron chi connectivity index (χ0n) is 18.0. The van der Waals surface area contributed by atoms with Crippen molar-refractivity contribution >= 4 is 0 Å². The molecule has 0 unspecified atom stereocenters. The molecule has 0 saturated carbocycles. The summed E-state index contributed by atoms with van der Waals surface area (Å²) >= 11 is 0. The van der Waals surface area contributed by atoms with Crippen molar-refractivity contribution in [2.45, 2.75) is 13.8 Å². The highest BCUT2D eigenvalue weighted by molar-refractivity contribution is 5.72. The molecule has 4 aromatic carbocycles. The minimum absolute atomic E-state index is 0.0742. The fourth-order valence-electron chi connectivity index (χ4n) is 3.66. The summed E-state index contributed by atoms with van der Waals surface area (Å²) in [4.78, 5) is 0. The number of aryl methyl sites for hydroxylation is 2. The van der Waals surface area contributed by atoms with E-state index >= 15 is 0 Å². The van der Waals surface area contributed by atoms with Crippen molar-refractivity contribution in [2.75, 3.05) is 0 Å². The predicted molar refractivity (Wildman–Crippen MR) is 119 cm³/mol. The smallest absolute Gasteiger partial charge is 0.194 e. The van der Waals surface area contributed by atoms with Crippen molar-refractivity contribution in [1.29, 1.82) is 0 Å². The first-order chi connectivity index (χ1) is 16.1. The number of halogens is 6. The zero-order chi connectivity index (χ0) is 24.6. The Hall–Kier alpha value is -3.98. The standard InChI is InChI=1S/C28H16F6/c1-15-9-16(2)20(23(29)10-15)6-3-17-4-7-21(24(30)11-17)18-5-8-22(25(31)12-18)19-13-26(32)28(34)27(33)14-19/h4-5,7-14H,1-2H3. The zero-order valence-corrected chi connectivity index (χ0v) is 18.0.